The maximum Gasteiger partial charge on any atom is 0.107 e. The molecule has 3 heteroatoms. The molecule has 2 aromatic rings. The lowest BCUT2D eigenvalue weighted by Crippen LogP contribution is -2.24. The number of rotatable bonds is 5. The number of aromatic amines is 1. The molecule has 0 spiro atoms. The second kappa shape index (κ2) is 5.47. The van der Waals surface area contributed by atoms with E-state index in [0.717, 1.165) is 25.1 Å². The molecule has 1 unspecified atom stereocenters. The molecule has 1 aromatic carbocycles. The van der Waals surface area contributed by atoms with Gasteiger partial charge in [0.2, 0.25) is 0 Å². The van der Waals surface area contributed by atoms with Crippen molar-refractivity contribution in [2.24, 2.45) is 5.73 Å². The molecule has 2 rings (SSSR count). The van der Waals surface area contributed by atoms with E-state index in [1.807, 2.05) is 12.3 Å². The number of aryl methyl sites for hydroxylation is 1. The van der Waals surface area contributed by atoms with Crippen LogP contribution in [0.2, 0.25) is 0 Å². The first-order valence-corrected chi connectivity index (χ1v) is 5.62. The second-order valence-electron chi connectivity index (χ2n) is 4.02. The van der Waals surface area contributed by atoms with E-state index in [0.29, 0.717) is 0 Å². The van der Waals surface area contributed by atoms with Crippen LogP contribution in [0.25, 0.3) is 0 Å². The zero-order chi connectivity index (χ0) is 11.2. The largest absolute Gasteiger partial charge is 0.349 e. The molecule has 0 aliphatic heterocycles. The van der Waals surface area contributed by atoms with Crippen molar-refractivity contribution in [1.29, 1.82) is 0 Å². The summed E-state index contributed by atoms with van der Waals surface area (Å²) in [4.78, 5) is 7.25. The van der Waals surface area contributed by atoms with Crippen LogP contribution in [0, 0.1) is 0 Å². The SMILES string of the molecule is NC(CCc1ccccc1)Cc1ncc[nH]1. The van der Waals surface area contributed by atoms with Gasteiger partial charge in [-0.3, -0.25) is 0 Å². The molecule has 0 amide bonds. The molecule has 0 aliphatic carbocycles. The Hall–Kier alpha value is -1.61. The lowest BCUT2D eigenvalue weighted by molar-refractivity contribution is 0.596. The Morgan fingerprint density at radius 1 is 1.25 bits per heavy atom. The van der Waals surface area contributed by atoms with E-state index >= 15 is 0 Å². The quantitative estimate of drug-likeness (QED) is 0.800. The van der Waals surface area contributed by atoms with Crippen LogP contribution in [-0.4, -0.2) is 16.0 Å². The van der Waals surface area contributed by atoms with Gasteiger partial charge in [0.15, 0.2) is 0 Å². The summed E-state index contributed by atoms with van der Waals surface area (Å²) in [5.41, 5.74) is 7.40. The monoisotopic (exact) mass is 215 g/mol. The molecular formula is C13H17N3. The molecule has 3 nitrogen and oxygen atoms in total. The van der Waals surface area contributed by atoms with Crippen molar-refractivity contribution in [2.75, 3.05) is 0 Å². The molecule has 1 heterocycles. The number of nitrogens with two attached hydrogens (primary N) is 1. The van der Waals surface area contributed by atoms with Gasteiger partial charge < -0.3 is 10.7 Å². The minimum Gasteiger partial charge on any atom is -0.349 e. The summed E-state index contributed by atoms with van der Waals surface area (Å²) >= 11 is 0. The number of nitrogens with one attached hydrogen (secondary N) is 1. The van der Waals surface area contributed by atoms with Gasteiger partial charge in [0, 0.05) is 24.9 Å². The summed E-state index contributed by atoms with van der Waals surface area (Å²) in [5.74, 6) is 0.973. The third kappa shape index (κ3) is 3.21. The summed E-state index contributed by atoms with van der Waals surface area (Å²) in [5, 5.41) is 0. The number of benzene rings is 1. The summed E-state index contributed by atoms with van der Waals surface area (Å²) < 4.78 is 0. The van der Waals surface area contributed by atoms with Gasteiger partial charge in [-0.1, -0.05) is 30.3 Å². The van der Waals surface area contributed by atoms with Crippen LogP contribution < -0.4 is 5.73 Å². The Morgan fingerprint density at radius 3 is 2.75 bits per heavy atom. The van der Waals surface area contributed by atoms with Gasteiger partial charge in [-0.25, -0.2) is 4.98 Å². The fourth-order valence-corrected chi connectivity index (χ4v) is 1.76. The number of imidazole rings is 1. The Labute approximate surface area is 95.7 Å². The molecule has 0 radical (unpaired) electrons. The van der Waals surface area contributed by atoms with Crippen LogP contribution in [0.4, 0.5) is 0 Å². The van der Waals surface area contributed by atoms with Gasteiger partial charge in [0.1, 0.15) is 5.82 Å². The molecule has 0 fully saturated rings. The van der Waals surface area contributed by atoms with Crippen molar-refractivity contribution in [3.63, 3.8) is 0 Å². The fraction of sp³-hybridized carbons (Fsp3) is 0.308. The predicted octanol–water partition coefficient (Wildman–Crippen LogP) is 1.91. The summed E-state index contributed by atoms with van der Waals surface area (Å²) in [6.45, 7) is 0. The van der Waals surface area contributed by atoms with E-state index in [1.54, 1.807) is 6.20 Å². The third-order valence-corrected chi connectivity index (χ3v) is 2.66. The number of nitrogens with zero attached hydrogens (tertiary/aromatic N) is 1. The number of hydrogen-bond acceptors (Lipinski definition) is 2. The topological polar surface area (TPSA) is 54.7 Å². The van der Waals surface area contributed by atoms with E-state index < -0.39 is 0 Å². The second-order valence-corrected chi connectivity index (χ2v) is 4.02. The molecule has 16 heavy (non-hydrogen) atoms. The first-order chi connectivity index (χ1) is 7.84. The minimum atomic E-state index is 0.173. The smallest absolute Gasteiger partial charge is 0.107 e. The van der Waals surface area contributed by atoms with Gasteiger partial charge in [-0.05, 0) is 18.4 Å². The number of aromatic nitrogens is 2. The van der Waals surface area contributed by atoms with Crippen molar-refractivity contribution >= 4 is 0 Å². The van der Waals surface area contributed by atoms with Gasteiger partial charge in [0.25, 0.3) is 0 Å². The Balaban J connectivity index is 1.78. The molecule has 1 atom stereocenters. The van der Waals surface area contributed by atoms with Crippen LogP contribution in [0.5, 0.6) is 0 Å². The van der Waals surface area contributed by atoms with E-state index in [4.69, 9.17) is 5.73 Å². The van der Waals surface area contributed by atoms with Crippen LogP contribution >= 0.6 is 0 Å². The molecule has 1 aromatic heterocycles. The minimum absolute atomic E-state index is 0.173. The zero-order valence-electron chi connectivity index (χ0n) is 9.26. The molecular weight excluding hydrogens is 198 g/mol. The average Bonchev–Trinajstić information content (AvgIpc) is 2.81. The van der Waals surface area contributed by atoms with Crippen molar-refractivity contribution in [2.45, 2.75) is 25.3 Å². The van der Waals surface area contributed by atoms with E-state index in [2.05, 4.69) is 34.2 Å². The predicted molar refractivity (Wildman–Crippen MR) is 65.0 cm³/mol. The first-order valence-electron chi connectivity index (χ1n) is 5.62. The average molecular weight is 215 g/mol. The molecule has 3 N–H and O–H groups in total. The van der Waals surface area contributed by atoms with Crippen molar-refractivity contribution in [1.82, 2.24) is 9.97 Å². The fourth-order valence-electron chi connectivity index (χ4n) is 1.76. The Bertz CT molecular complexity index is 394. The summed E-state index contributed by atoms with van der Waals surface area (Å²) in [6.07, 6.45) is 6.44. The normalized spacial score (nSPS) is 12.6. The van der Waals surface area contributed by atoms with Gasteiger partial charge in [-0.15, -0.1) is 0 Å². The van der Waals surface area contributed by atoms with Crippen LogP contribution in [0.3, 0.4) is 0 Å². The van der Waals surface area contributed by atoms with Crippen molar-refractivity contribution in [3.8, 4) is 0 Å². The molecule has 0 bridgehead atoms. The maximum atomic E-state index is 6.05. The lowest BCUT2D eigenvalue weighted by atomic mass is 10.0. The molecule has 0 saturated carbocycles. The van der Waals surface area contributed by atoms with Crippen LogP contribution in [0.1, 0.15) is 17.8 Å². The highest BCUT2D eigenvalue weighted by atomic mass is 14.9. The van der Waals surface area contributed by atoms with E-state index in [9.17, 15) is 0 Å². The van der Waals surface area contributed by atoms with E-state index in [-0.39, 0.29) is 6.04 Å². The molecule has 0 saturated heterocycles. The molecule has 84 valence electrons. The highest BCUT2D eigenvalue weighted by molar-refractivity contribution is 5.14. The third-order valence-electron chi connectivity index (χ3n) is 2.66. The van der Waals surface area contributed by atoms with E-state index in [1.165, 1.54) is 5.56 Å². The summed E-state index contributed by atoms with van der Waals surface area (Å²) in [7, 11) is 0. The Morgan fingerprint density at radius 2 is 2.06 bits per heavy atom. The first kappa shape index (κ1) is 10.9. The summed E-state index contributed by atoms with van der Waals surface area (Å²) in [6, 6.07) is 10.6. The van der Waals surface area contributed by atoms with Gasteiger partial charge >= 0.3 is 0 Å². The number of H-pyrrole nitrogens is 1. The number of hydrogen-bond donors (Lipinski definition) is 2. The Kier molecular flexibility index (Phi) is 3.72. The van der Waals surface area contributed by atoms with Crippen LogP contribution in [-0.2, 0) is 12.8 Å². The highest BCUT2D eigenvalue weighted by Gasteiger charge is 2.05. The van der Waals surface area contributed by atoms with Gasteiger partial charge in [-0.2, -0.15) is 0 Å². The molecule has 0 aliphatic rings. The van der Waals surface area contributed by atoms with Crippen LogP contribution in [0.15, 0.2) is 42.7 Å². The maximum absolute atomic E-state index is 6.05. The highest BCUT2D eigenvalue weighted by Crippen LogP contribution is 2.06. The lowest BCUT2D eigenvalue weighted by Gasteiger charge is -2.09. The van der Waals surface area contributed by atoms with Crippen molar-refractivity contribution in [3.05, 3.63) is 54.1 Å². The van der Waals surface area contributed by atoms with Crippen molar-refractivity contribution < 1.29 is 0 Å². The van der Waals surface area contributed by atoms with Gasteiger partial charge in [0.05, 0.1) is 0 Å². The standard InChI is InChI=1S/C13H17N3/c14-12(10-13-15-8-9-16-13)7-6-11-4-2-1-3-5-11/h1-5,8-9,12H,6-7,10,14H2,(H,15,16). The zero-order valence-corrected chi connectivity index (χ0v) is 9.26.